The summed E-state index contributed by atoms with van der Waals surface area (Å²) in [5.41, 5.74) is 2.04. The summed E-state index contributed by atoms with van der Waals surface area (Å²) >= 11 is 5.24. The molecule has 0 saturated carbocycles. The first-order chi connectivity index (χ1) is 13.2. The number of benzene rings is 2. The van der Waals surface area contributed by atoms with Crippen molar-refractivity contribution in [2.75, 3.05) is 20.3 Å². The van der Waals surface area contributed by atoms with Gasteiger partial charge >= 0.3 is 0 Å². The first-order valence-corrected chi connectivity index (χ1v) is 10.2. The second kappa shape index (κ2) is 7.82. The average molecular weight is 448 g/mol. The number of rotatable bonds is 5. The fourth-order valence-corrected chi connectivity index (χ4v) is 4.41. The van der Waals surface area contributed by atoms with E-state index in [4.69, 9.17) is 14.2 Å². The van der Waals surface area contributed by atoms with E-state index in [-0.39, 0.29) is 0 Å². The third-order valence-electron chi connectivity index (χ3n) is 4.25. The Labute approximate surface area is 170 Å². The summed E-state index contributed by atoms with van der Waals surface area (Å²) < 4.78 is 19.7. The molecule has 0 saturated heterocycles. The van der Waals surface area contributed by atoms with E-state index in [1.54, 1.807) is 18.9 Å². The lowest BCUT2D eigenvalue weighted by molar-refractivity contribution is 0.171. The quantitative estimate of drug-likeness (QED) is 0.542. The van der Waals surface area contributed by atoms with Crippen LogP contribution in [0.1, 0.15) is 5.56 Å². The van der Waals surface area contributed by atoms with E-state index in [2.05, 4.69) is 26.1 Å². The van der Waals surface area contributed by atoms with Crippen LogP contribution in [-0.4, -0.2) is 35.1 Å². The molecule has 0 radical (unpaired) electrons. The second-order valence-electron chi connectivity index (χ2n) is 5.94. The molecule has 0 fully saturated rings. The van der Waals surface area contributed by atoms with Crippen molar-refractivity contribution in [2.45, 2.75) is 10.9 Å². The summed E-state index contributed by atoms with van der Waals surface area (Å²) in [6.07, 6.45) is 0. The van der Waals surface area contributed by atoms with Gasteiger partial charge in [0, 0.05) is 17.3 Å². The zero-order valence-electron chi connectivity index (χ0n) is 14.9. The van der Waals surface area contributed by atoms with Crippen LogP contribution in [0.25, 0.3) is 11.4 Å². The molecular weight excluding hydrogens is 430 g/mol. The Morgan fingerprint density at radius 1 is 1.15 bits per heavy atom. The van der Waals surface area contributed by atoms with Gasteiger partial charge in [0.2, 0.25) is 0 Å². The Morgan fingerprint density at radius 3 is 2.67 bits per heavy atom. The molecular formula is C19H18BrN3O3S. The van der Waals surface area contributed by atoms with E-state index in [9.17, 15) is 0 Å². The highest BCUT2D eigenvalue weighted by atomic mass is 79.9. The van der Waals surface area contributed by atoms with Crippen LogP contribution < -0.4 is 14.2 Å². The van der Waals surface area contributed by atoms with Crippen LogP contribution >= 0.6 is 27.7 Å². The van der Waals surface area contributed by atoms with Gasteiger partial charge in [-0.1, -0.05) is 39.8 Å². The largest absolute Gasteiger partial charge is 0.496 e. The van der Waals surface area contributed by atoms with Crippen molar-refractivity contribution in [2.24, 2.45) is 7.05 Å². The number of aromatic nitrogens is 3. The van der Waals surface area contributed by atoms with Crippen molar-refractivity contribution in [3.05, 3.63) is 46.4 Å². The molecule has 6 nitrogen and oxygen atoms in total. The van der Waals surface area contributed by atoms with Gasteiger partial charge in [0.05, 0.1) is 12.7 Å². The highest BCUT2D eigenvalue weighted by Crippen LogP contribution is 2.38. The molecule has 0 aliphatic carbocycles. The minimum atomic E-state index is 0.576. The van der Waals surface area contributed by atoms with Gasteiger partial charge in [0.15, 0.2) is 22.5 Å². The number of para-hydroxylation sites is 1. The summed E-state index contributed by atoms with van der Waals surface area (Å²) in [5.74, 6) is 3.84. The van der Waals surface area contributed by atoms with Crippen molar-refractivity contribution < 1.29 is 14.2 Å². The summed E-state index contributed by atoms with van der Waals surface area (Å²) in [7, 11) is 3.62. The van der Waals surface area contributed by atoms with Crippen LogP contribution in [0, 0.1) is 0 Å². The van der Waals surface area contributed by atoms with E-state index in [1.165, 1.54) is 0 Å². The molecule has 2 heterocycles. The van der Waals surface area contributed by atoms with Crippen molar-refractivity contribution >= 4 is 27.7 Å². The molecule has 1 aliphatic heterocycles. The Balaban J connectivity index is 1.56. The molecule has 1 aromatic heterocycles. The van der Waals surface area contributed by atoms with Gasteiger partial charge in [-0.05, 0) is 29.8 Å². The van der Waals surface area contributed by atoms with Crippen LogP contribution in [0.4, 0.5) is 0 Å². The van der Waals surface area contributed by atoms with E-state index in [0.717, 1.165) is 49.6 Å². The molecule has 8 heteroatoms. The predicted molar refractivity (Wildman–Crippen MR) is 108 cm³/mol. The van der Waals surface area contributed by atoms with Crippen LogP contribution in [0.3, 0.4) is 0 Å². The average Bonchev–Trinajstić information content (AvgIpc) is 3.06. The number of halogens is 1. The monoisotopic (exact) mass is 447 g/mol. The molecule has 0 amide bonds. The van der Waals surface area contributed by atoms with Gasteiger partial charge in [0.25, 0.3) is 0 Å². The molecule has 0 N–H and O–H groups in total. The maximum absolute atomic E-state index is 5.68. The minimum Gasteiger partial charge on any atom is -0.496 e. The molecule has 27 heavy (non-hydrogen) atoms. The van der Waals surface area contributed by atoms with Crippen molar-refractivity contribution in [3.63, 3.8) is 0 Å². The molecule has 0 unspecified atom stereocenters. The van der Waals surface area contributed by atoms with E-state index < -0.39 is 0 Å². The Kier molecular flexibility index (Phi) is 5.27. The minimum absolute atomic E-state index is 0.576. The van der Waals surface area contributed by atoms with Gasteiger partial charge in [0.1, 0.15) is 19.0 Å². The third-order valence-corrected chi connectivity index (χ3v) is 6.06. The summed E-state index contributed by atoms with van der Waals surface area (Å²) in [5, 5.41) is 9.54. The van der Waals surface area contributed by atoms with E-state index in [0.29, 0.717) is 13.2 Å². The maximum atomic E-state index is 5.68. The lowest BCUT2D eigenvalue weighted by atomic mass is 10.2. The van der Waals surface area contributed by atoms with Crippen LogP contribution in [0.15, 0.2) is 46.0 Å². The normalized spacial score (nSPS) is 12.9. The highest BCUT2D eigenvalue weighted by molar-refractivity contribution is 9.10. The SMILES string of the molecule is COc1ccccc1-c1nnc(SCc2cc3c(cc2Br)OCCO3)n1C. The molecule has 2 aromatic carbocycles. The summed E-state index contributed by atoms with van der Waals surface area (Å²) in [6, 6.07) is 11.8. The zero-order chi connectivity index (χ0) is 18.8. The van der Waals surface area contributed by atoms with Crippen molar-refractivity contribution in [1.29, 1.82) is 0 Å². The lowest BCUT2D eigenvalue weighted by Crippen LogP contribution is -2.15. The van der Waals surface area contributed by atoms with Gasteiger partial charge in [-0.15, -0.1) is 10.2 Å². The molecule has 3 aromatic rings. The summed E-state index contributed by atoms with van der Waals surface area (Å²) in [4.78, 5) is 0. The maximum Gasteiger partial charge on any atom is 0.191 e. The smallest absolute Gasteiger partial charge is 0.191 e. The number of ether oxygens (including phenoxy) is 3. The Morgan fingerprint density at radius 2 is 1.89 bits per heavy atom. The highest BCUT2D eigenvalue weighted by Gasteiger charge is 2.17. The standard InChI is InChI=1S/C19H18BrN3O3S/c1-23-18(13-5-3-4-6-15(13)24-2)21-22-19(23)27-11-12-9-16-17(10-14(12)20)26-8-7-25-16/h3-6,9-10H,7-8,11H2,1-2H3. The number of fused-ring (bicyclic) bond motifs is 1. The second-order valence-corrected chi connectivity index (χ2v) is 7.74. The third kappa shape index (κ3) is 3.64. The van der Waals surface area contributed by atoms with Gasteiger partial charge < -0.3 is 18.8 Å². The molecule has 140 valence electrons. The molecule has 0 bridgehead atoms. The number of hydrogen-bond donors (Lipinski definition) is 0. The van der Waals surface area contributed by atoms with Crippen molar-refractivity contribution in [3.8, 4) is 28.6 Å². The Bertz CT molecular complexity index is 977. The number of hydrogen-bond acceptors (Lipinski definition) is 6. The fourth-order valence-electron chi connectivity index (χ4n) is 2.86. The fraction of sp³-hybridized carbons (Fsp3) is 0.263. The van der Waals surface area contributed by atoms with Gasteiger partial charge in [-0.2, -0.15) is 0 Å². The molecule has 0 spiro atoms. The number of methoxy groups -OCH3 is 1. The molecule has 4 rings (SSSR count). The van der Waals surface area contributed by atoms with E-state index in [1.807, 2.05) is 48.0 Å². The first-order valence-electron chi connectivity index (χ1n) is 8.41. The lowest BCUT2D eigenvalue weighted by Gasteiger charge is -2.19. The first kappa shape index (κ1) is 18.2. The van der Waals surface area contributed by atoms with Gasteiger partial charge in [-0.25, -0.2) is 0 Å². The zero-order valence-corrected chi connectivity index (χ0v) is 17.3. The summed E-state index contributed by atoms with van der Waals surface area (Å²) in [6.45, 7) is 1.16. The number of thioether (sulfide) groups is 1. The molecule has 1 aliphatic rings. The number of nitrogens with zero attached hydrogens (tertiary/aromatic N) is 3. The van der Waals surface area contributed by atoms with Gasteiger partial charge in [-0.3, -0.25) is 0 Å². The Hall–Kier alpha value is -2.19. The van der Waals surface area contributed by atoms with Crippen LogP contribution in [0.2, 0.25) is 0 Å². The van der Waals surface area contributed by atoms with Crippen LogP contribution in [-0.2, 0) is 12.8 Å². The van der Waals surface area contributed by atoms with Crippen molar-refractivity contribution in [1.82, 2.24) is 14.8 Å². The molecule has 0 atom stereocenters. The van der Waals surface area contributed by atoms with Crippen LogP contribution in [0.5, 0.6) is 17.2 Å². The predicted octanol–water partition coefficient (Wildman–Crippen LogP) is 4.32. The van der Waals surface area contributed by atoms with E-state index >= 15 is 0 Å². The topological polar surface area (TPSA) is 58.4 Å².